The van der Waals surface area contributed by atoms with E-state index in [1.54, 1.807) is 18.4 Å². The SMILES string of the molecule is COCCC(=O)N1CCCCC1c1nc2c(c(=O)[nH]1)CCN(Cc1ccsc1)C2. The molecule has 1 atom stereocenters. The van der Waals surface area contributed by atoms with Gasteiger partial charge in [-0.2, -0.15) is 11.3 Å². The van der Waals surface area contributed by atoms with E-state index in [1.807, 2.05) is 4.90 Å². The van der Waals surface area contributed by atoms with E-state index in [2.05, 4.69) is 26.7 Å². The van der Waals surface area contributed by atoms with Crippen LogP contribution >= 0.6 is 11.3 Å². The lowest BCUT2D eigenvalue weighted by atomic mass is 9.99. The average molecular weight is 417 g/mol. The van der Waals surface area contributed by atoms with Gasteiger partial charge in [-0.1, -0.05) is 0 Å². The first kappa shape index (κ1) is 20.3. The van der Waals surface area contributed by atoms with Crippen LogP contribution in [0, 0.1) is 0 Å². The van der Waals surface area contributed by atoms with E-state index >= 15 is 0 Å². The number of thiophene rings is 1. The van der Waals surface area contributed by atoms with Crippen molar-refractivity contribution in [2.24, 2.45) is 0 Å². The minimum absolute atomic E-state index is 0.0463. The third-order valence-electron chi connectivity index (χ3n) is 5.82. The second-order valence-electron chi connectivity index (χ2n) is 7.81. The Bertz CT molecular complexity index is 896. The van der Waals surface area contributed by atoms with Crippen LogP contribution in [0.2, 0.25) is 0 Å². The Labute approximate surface area is 174 Å². The van der Waals surface area contributed by atoms with Crippen LogP contribution in [0.15, 0.2) is 21.6 Å². The van der Waals surface area contributed by atoms with Gasteiger partial charge in [-0.15, -0.1) is 0 Å². The molecule has 2 aromatic rings. The predicted octanol–water partition coefficient (Wildman–Crippen LogP) is 2.48. The molecule has 0 aliphatic carbocycles. The number of hydrogen-bond donors (Lipinski definition) is 1. The Hall–Kier alpha value is -2.03. The zero-order chi connectivity index (χ0) is 20.2. The van der Waals surface area contributed by atoms with Gasteiger partial charge in [-0.3, -0.25) is 14.5 Å². The van der Waals surface area contributed by atoms with E-state index in [9.17, 15) is 9.59 Å². The molecule has 0 radical (unpaired) electrons. The van der Waals surface area contributed by atoms with Gasteiger partial charge in [0.15, 0.2) is 0 Å². The molecule has 2 aromatic heterocycles. The molecular formula is C21H28N4O3S. The molecule has 2 aliphatic heterocycles. The van der Waals surface area contributed by atoms with Gasteiger partial charge in [0.05, 0.1) is 24.8 Å². The van der Waals surface area contributed by atoms with E-state index in [0.717, 1.165) is 43.6 Å². The van der Waals surface area contributed by atoms with E-state index in [1.165, 1.54) is 5.56 Å². The highest BCUT2D eigenvalue weighted by Crippen LogP contribution is 2.30. The maximum Gasteiger partial charge on any atom is 0.254 e. The van der Waals surface area contributed by atoms with Crippen LogP contribution in [0.25, 0.3) is 0 Å². The highest BCUT2D eigenvalue weighted by atomic mass is 32.1. The van der Waals surface area contributed by atoms with Crippen molar-refractivity contribution in [3.8, 4) is 0 Å². The number of ether oxygens (including phenoxy) is 1. The standard InChI is InChI=1S/C21H28N4O3S/c1-28-10-6-19(26)25-8-3-2-4-18(25)20-22-17-13-24(12-15-7-11-29-14-15)9-5-16(17)21(27)23-20/h7,11,14,18H,2-6,8-10,12-13H2,1H3,(H,22,23,27). The van der Waals surface area contributed by atoms with E-state index in [4.69, 9.17) is 9.72 Å². The van der Waals surface area contributed by atoms with Gasteiger partial charge in [0.1, 0.15) is 5.82 Å². The molecule has 4 rings (SSSR count). The monoisotopic (exact) mass is 416 g/mol. The number of carbonyl (C=O) groups excluding carboxylic acids is 1. The van der Waals surface area contributed by atoms with Crippen molar-refractivity contribution >= 4 is 17.2 Å². The van der Waals surface area contributed by atoms with Crippen molar-refractivity contribution in [1.82, 2.24) is 19.8 Å². The number of nitrogens with one attached hydrogen (secondary N) is 1. The van der Waals surface area contributed by atoms with E-state index < -0.39 is 0 Å². The van der Waals surface area contributed by atoms with Gasteiger partial charge in [0, 0.05) is 38.9 Å². The summed E-state index contributed by atoms with van der Waals surface area (Å²) >= 11 is 1.70. The van der Waals surface area contributed by atoms with Gasteiger partial charge < -0.3 is 14.6 Å². The summed E-state index contributed by atoms with van der Waals surface area (Å²) in [6.07, 6.45) is 3.92. The van der Waals surface area contributed by atoms with Gasteiger partial charge in [0.2, 0.25) is 5.91 Å². The molecule has 4 heterocycles. The highest BCUT2D eigenvalue weighted by Gasteiger charge is 2.31. The number of aromatic nitrogens is 2. The summed E-state index contributed by atoms with van der Waals surface area (Å²) in [4.78, 5) is 37.5. The molecule has 1 unspecified atom stereocenters. The lowest BCUT2D eigenvalue weighted by Crippen LogP contribution is -2.41. The van der Waals surface area contributed by atoms with Gasteiger partial charge in [-0.25, -0.2) is 4.98 Å². The van der Waals surface area contributed by atoms with Crippen LogP contribution in [0.5, 0.6) is 0 Å². The second-order valence-corrected chi connectivity index (χ2v) is 8.59. The van der Waals surface area contributed by atoms with Gasteiger partial charge in [0.25, 0.3) is 5.56 Å². The molecule has 29 heavy (non-hydrogen) atoms. The number of carbonyl (C=O) groups is 1. The van der Waals surface area contributed by atoms with Crippen molar-refractivity contribution in [1.29, 1.82) is 0 Å². The zero-order valence-corrected chi connectivity index (χ0v) is 17.7. The Morgan fingerprint density at radius 1 is 1.38 bits per heavy atom. The molecule has 2 aliphatic rings. The summed E-state index contributed by atoms with van der Waals surface area (Å²) in [5, 5.41) is 4.25. The number of amides is 1. The lowest BCUT2D eigenvalue weighted by Gasteiger charge is -2.36. The molecule has 156 valence electrons. The van der Waals surface area contributed by atoms with Crippen LogP contribution in [0.3, 0.4) is 0 Å². The number of hydrogen-bond acceptors (Lipinski definition) is 6. The van der Waals surface area contributed by atoms with Crippen LogP contribution in [0.1, 0.15) is 54.4 Å². The first-order chi connectivity index (χ1) is 14.2. The average Bonchev–Trinajstić information content (AvgIpc) is 3.24. The third-order valence-corrected chi connectivity index (χ3v) is 6.55. The molecule has 0 spiro atoms. The van der Waals surface area contributed by atoms with Crippen LogP contribution in [-0.2, 0) is 29.0 Å². The second kappa shape index (κ2) is 9.19. The maximum atomic E-state index is 12.8. The number of aromatic amines is 1. The molecular weight excluding hydrogens is 388 g/mol. The van der Waals surface area contributed by atoms with Gasteiger partial charge >= 0.3 is 0 Å². The number of nitrogens with zero attached hydrogens (tertiary/aromatic N) is 3. The number of methoxy groups -OCH3 is 1. The highest BCUT2D eigenvalue weighted by molar-refractivity contribution is 7.07. The fourth-order valence-electron chi connectivity index (χ4n) is 4.29. The van der Waals surface area contributed by atoms with Crippen molar-refractivity contribution in [3.63, 3.8) is 0 Å². The van der Waals surface area contributed by atoms with Crippen molar-refractivity contribution < 1.29 is 9.53 Å². The molecule has 1 fully saturated rings. The summed E-state index contributed by atoms with van der Waals surface area (Å²) in [6.45, 7) is 3.52. The lowest BCUT2D eigenvalue weighted by molar-refractivity contribution is -0.136. The Kier molecular flexibility index (Phi) is 6.42. The quantitative estimate of drug-likeness (QED) is 0.783. The molecule has 1 saturated heterocycles. The maximum absolute atomic E-state index is 12.8. The minimum Gasteiger partial charge on any atom is -0.384 e. The number of likely N-dealkylation sites (tertiary alicyclic amines) is 1. The Morgan fingerprint density at radius 2 is 2.28 bits per heavy atom. The Balaban J connectivity index is 1.56. The fraction of sp³-hybridized carbons (Fsp3) is 0.571. The first-order valence-electron chi connectivity index (χ1n) is 10.3. The largest absolute Gasteiger partial charge is 0.384 e. The van der Waals surface area contributed by atoms with Crippen LogP contribution in [-0.4, -0.2) is 52.5 Å². The van der Waals surface area contributed by atoms with Crippen molar-refractivity contribution in [2.45, 2.75) is 51.2 Å². The minimum atomic E-state index is -0.154. The van der Waals surface area contributed by atoms with E-state index in [-0.39, 0.29) is 17.5 Å². The number of piperidine rings is 1. The zero-order valence-electron chi connectivity index (χ0n) is 16.9. The van der Waals surface area contributed by atoms with Crippen molar-refractivity contribution in [2.75, 3.05) is 26.8 Å². The molecule has 0 saturated carbocycles. The summed E-state index contributed by atoms with van der Waals surface area (Å²) in [6, 6.07) is 1.99. The number of fused-ring (bicyclic) bond motifs is 1. The topological polar surface area (TPSA) is 78.5 Å². The molecule has 1 N–H and O–H groups in total. The molecule has 0 bridgehead atoms. The summed E-state index contributed by atoms with van der Waals surface area (Å²) in [5.74, 6) is 0.701. The third kappa shape index (κ3) is 4.60. The molecule has 8 heteroatoms. The predicted molar refractivity (Wildman–Crippen MR) is 112 cm³/mol. The fourth-order valence-corrected chi connectivity index (χ4v) is 4.95. The van der Waals surface area contributed by atoms with Crippen molar-refractivity contribution in [3.05, 3.63) is 49.8 Å². The Morgan fingerprint density at radius 3 is 3.07 bits per heavy atom. The van der Waals surface area contributed by atoms with Crippen LogP contribution < -0.4 is 5.56 Å². The van der Waals surface area contributed by atoms with E-state index in [0.29, 0.717) is 38.4 Å². The molecule has 0 aromatic carbocycles. The smallest absolute Gasteiger partial charge is 0.254 e. The number of rotatable bonds is 6. The normalized spacial score (nSPS) is 19.9. The molecule has 7 nitrogen and oxygen atoms in total. The van der Waals surface area contributed by atoms with Crippen LogP contribution in [0.4, 0.5) is 0 Å². The summed E-state index contributed by atoms with van der Waals surface area (Å²) in [7, 11) is 1.60. The first-order valence-corrected chi connectivity index (χ1v) is 11.2. The summed E-state index contributed by atoms with van der Waals surface area (Å²) < 4.78 is 5.07. The molecule has 1 amide bonds. The van der Waals surface area contributed by atoms with Gasteiger partial charge in [-0.05, 0) is 48.1 Å². The summed E-state index contributed by atoms with van der Waals surface area (Å²) in [5.41, 5.74) is 2.91. The number of H-pyrrole nitrogens is 1.